The van der Waals surface area contributed by atoms with Gasteiger partial charge in [-0.1, -0.05) is 0 Å². The number of aromatic nitrogens is 1. The molecule has 2 aliphatic rings. The molecule has 28 heavy (non-hydrogen) atoms. The first-order valence-electron chi connectivity index (χ1n) is 9.81. The van der Waals surface area contributed by atoms with Crippen molar-refractivity contribution in [2.24, 2.45) is 0 Å². The number of nitrogens with zero attached hydrogens (tertiary/aromatic N) is 2. The van der Waals surface area contributed by atoms with Crippen molar-refractivity contribution in [2.75, 3.05) is 25.5 Å². The number of carbonyl (C=O) groups is 2. The third kappa shape index (κ3) is 5.54. The predicted octanol–water partition coefficient (Wildman–Crippen LogP) is 2.04. The van der Waals surface area contributed by atoms with E-state index in [1.807, 2.05) is 0 Å². The zero-order valence-electron chi connectivity index (χ0n) is 16.1. The van der Waals surface area contributed by atoms with Crippen LogP contribution >= 0.6 is 0 Å². The van der Waals surface area contributed by atoms with Crippen molar-refractivity contribution in [2.45, 2.75) is 56.7 Å². The van der Waals surface area contributed by atoms with Gasteiger partial charge in [-0.25, -0.2) is 14.2 Å². The Morgan fingerprint density at radius 3 is 2.29 bits per heavy atom. The van der Waals surface area contributed by atoms with E-state index in [1.165, 1.54) is 6.07 Å². The summed E-state index contributed by atoms with van der Waals surface area (Å²) >= 11 is 0. The molecule has 9 heteroatoms. The van der Waals surface area contributed by atoms with Gasteiger partial charge in [0.2, 0.25) is 0 Å². The van der Waals surface area contributed by atoms with Gasteiger partial charge in [-0.15, -0.1) is 0 Å². The van der Waals surface area contributed by atoms with Crippen molar-refractivity contribution in [3.05, 3.63) is 23.6 Å². The van der Waals surface area contributed by atoms with Gasteiger partial charge in [-0.3, -0.25) is 4.79 Å². The summed E-state index contributed by atoms with van der Waals surface area (Å²) in [5.74, 6) is -0.486. The van der Waals surface area contributed by atoms with Crippen LogP contribution in [0.5, 0.6) is 0 Å². The number of amides is 2. The normalized spacial score (nSPS) is 23.8. The van der Waals surface area contributed by atoms with E-state index < -0.39 is 11.9 Å². The van der Waals surface area contributed by atoms with Crippen LogP contribution in [0.25, 0.3) is 0 Å². The minimum atomic E-state index is -1.03. The number of nitrogens with one attached hydrogen (secondary N) is 3. The fraction of sp³-hybridized carbons (Fsp3) is 0.632. The number of carbonyl (C=O) groups excluding carboxylic acids is 1. The van der Waals surface area contributed by atoms with E-state index in [0.717, 1.165) is 32.1 Å². The topological polar surface area (TPSA) is 107 Å². The van der Waals surface area contributed by atoms with Crippen molar-refractivity contribution in [3.63, 3.8) is 0 Å². The number of piperidine rings is 1. The first-order chi connectivity index (χ1) is 13.4. The van der Waals surface area contributed by atoms with Crippen LogP contribution in [0.4, 0.5) is 15.0 Å². The molecular formula is C19H28FN5O3. The molecule has 1 saturated heterocycles. The summed E-state index contributed by atoms with van der Waals surface area (Å²) < 4.78 is 13.7. The first kappa shape index (κ1) is 20.3. The van der Waals surface area contributed by atoms with Crippen LogP contribution < -0.4 is 16.0 Å². The van der Waals surface area contributed by atoms with Gasteiger partial charge in [0, 0.05) is 18.1 Å². The van der Waals surface area contributed by atoms with Gasteiger partial charge < -0.3 is 26.0 Å². The largest absolute Gasteiger partial charge is 0.465 e. The number of rotatable bonds is 5. The zero-order chi connectivity index (χ0) is 20.1. The lowest BCUT2D eigenvalue weighted by molar-refractivity contribution is 0.0923. The third-order valence-electron chi connectivity index (χ3n) is 5.55. The van der Waals surface area contributed by atoms with Crippen LogP contribution in [0.3, 0.4) is 0 Å². The quantitative estimate of drug-likeness (QED) is 0.610. The van der Waals surface area contributed by atoms with E-state index in [2.05, 4.69) is 32.9 Å². The van der Waals surface area contributed by atoms with Gasteiger partial charge in [-0.05, 0) is 64.7 Å². The van der Waals surface area contributed by atoms with Gasteiger partial charge >= 0.3 is 6.09 Å². The van der Waals surface area contributed by atoms with Crippen LogP contribution in [0.2, 0.25) is 0 Å². The van der Waals surface area contributed by atoms with E-state index >= 15 is 0 Å². The fourth-order valence-electron chi connectivity index (χ4n) is 3.89. The monoisotopic (exact) mass is 393 g/mol. The van der Waals surface area contributed by atoms with Crippen LogP contribution in [-0.2, 0) is 0 Å². The zero-order valence-corrected chi connectivity index (χ0v) is 16.1. The van der Waals surface area contributed by atoms with Crippen molar-refractivity contribution in [1.82, 2.24) is 20.5 Å². The van der Waals surface area contributed by atoms with Gasteiger partial charge in [0.1, 0.15) is 11.6 Å². The molecule has 1 aromatic rings. The molecule has 0 atom stereocenters. The molecule has 2 amide bonds. The van der Waals surface area contributed by atoms with Gasteiger partial charge in [-0.2, -0.15) is 0 Å². The number of carboxylic acid groups (broad SMARTS) is 1. The molecule has 0 radical (unpaired) electrons. The first-order valence-corrected chi connectivity index (χ1v) is 9.81. The Kier molecular flexibility index (Phi) is 6.66. The average Bonchev–Trinajstić information content (AvgIpc) is 2.66. The standard InChI is InChI=1S/C19H28FN5O3/c1-25-8-6-15(7-9-25)22-17-16(10-12(20)11-21-17)18(26)23-13-2-4-14(5-3-13)24-19(27)28/h10-11,13-15,24H,2-9H2,1H3,(H,21,22)(H,23,26)(H,27,28). The van der Waals surface area contributed by atoms with Crippen molar-refractivity contribution in [1.29, 1.82) is 0 Å². The molecule has 3 rings (SSSR count). The van der Waals surface area contributed by atoms with Gasteiger partial charge in [0.05, 0.1) is 11.8 Å². The summed E-state index contributed by atoms with van der Waals surface area (Å²) in [6.07, 6.45) is 4.67. The third-order valence-corrected chi connectivity index (χ3v) is 5.55. The minimum Gasteiger partial charge on any atom is -0.465 e. The van der Waals surface area contributed by atoms with Crippen LogP contribution in [0.15, 0.2) is 12.3 Å². The van der Waals surface area contributed by atoms with Crippen LogP contribution in [0, 0.1) is 5.82 Å². The number of halogens is 1. The number of likely N-dealkylation sites (tertiary alicyclic amines) is 1. The molecular weight excluding hydrogens is 365 g/mol. The molecule has 0 spiro atoms. The Labute approximate surface area is 163 Å². The summed E-state index contributed by atoms with van der Waals surface area (Å²) in [6.45, 7) is 1.93. The Hall–Kier alpha value is -2.42. The summed E-state index contributed by atoms with van der Waals surface area (Å²) in [5.41, 5.74) is 0.213. The Morgan fingerprint density at radius 2 is 1.68 bits per heavy atom. The minimum absolute atomic E-state index is 0.0567. The van der Waals surface area contributed by atoms with E-state index in [1.54, 1.807) is 0 Å². The molecule has 0 unspecified atom stereocenters. The lowest BCUT2D eigenvalue weighted by atomic mass is 9.91. The fourth-order valence-corrected chi connectivity index (χ4v) is 3.89. The summed E-state index contributed by atoms with van der Waals surface area (Å²) in [7, 11) is 2.08. The molecule has 1 aliphatic carbocycles. The lowest BCUT2D eigenvalue weighted by Crippen LogP contribution is -2.43. The average molecular weight is 393 g/mol. The molecule has 1 aromatic heterocycles. The van der Waals surface area contributed by atoms with Crippen LogP contribution in [-0.4, -0.2) is 65.3 Å². The van der Waals surface area contributed by atoms with E-state index in [-0.39, 0.29) is 29.6 Å². The lowest BCUT2D eigenvalue weighted by Gasteiger charge is -2.31. The number of pyridine rings is 1. The Bertz CT molecular complexity index is 701. The van der Waals surface area contributed by atoms with E-state index in [9.17, 15) is 14.0 Å². The highest BCUT2D eigenvalue weighted by Gasteiger charge is 2.26. The molecule has 1 saturated carbocycles. The molecule has 8 nitrogen and oxygen atoms in total. The van der Waals surface area contributed by atoms with E-state index in [4.69, 9.17) is 5.11 Å². The second-order valence-electron chi connectivity index (χ2n) is 7.74. The van der Waals surface area contributed by atoms with E-state index in [0.29, 0.717) is 31.5 Å². The SMILES string of the molecule is CN1CCC(Nc2ncc(F)cc2C(=O)NC2CCC(NC(=O)O)CC2)CC1. The smallest absolute Gasteiger partial charge is 0.404 e. The van der Waals surface area contributed by atoms with Gasteiger partial charge in [0.15, 0.2) is 0 Å². The maximum Gasteiger partial charge on any atom is 0.404 e. The molecule has 2 heterocycles. The highest BCUT2D eigenvalue weighted by molar-refractivity contribution is 5.99. The molecule has 154 valence electrons. The second kappa shape index (κ2) is 9.18. The summed E-state index contributed by atoms with van der Waals surface area (Å²) in [4.78, 5) is 29.9. The Balaban J connectivity index is 1.60. The highest BCUT2D eigenvalue weighted by atomic mass is 19.1. The predicted molar refractivity (Wildman–Crippen MR) is 103 cm³/mol. The van der Waals surface area contributed by atoms with Crippen molar-refractivity contribution in [3.8, 4) is 0 Å². The second-order valence-corrected chi connectivity index (χ2v) is 7.74. The van der Waals surface area contributed by atoms with Crippen molar-refractivity contribution < 1.29 is 19.1 Å². The van der Waals surface area contributed by atoms with Gasteiger partial charge in [0.25, 0.3) is 5.91 Å². The summed E-state index contributed by atoms with van der Waals surface area (Å²) in [5, 5.41) is 17.5. The number of hydrogen-bond donors (Lipinski definition) is 4. The van der Waals surface area contributed by atoms with Crippen molar-refractivity contribution >= 4 is 17.8 Å². The maximum atomic E-state index is 13.7. The summed E-state index contributed by atoms with van der Waals surface area (Å²) in [6, 6.07) is 1.29. The number of hydrogen-bond acceptors (Lipinski definition) is 5. The highest BCUT2D eigenvalue weighted by Crippen LogP contribution is 2.22. The number of anilines is 1. The maximum absolute atomic E-state index is 13.7. The van der Waals surface area contributed by atoms with Crippen LogP contribution in [0.1, 0.15) is 48.9 Å². The molecule has 4 N–H and O–H groups in total. The Morgan fingerprint density at radius 1 is 1.07 bits per heavy atom. The molecule has 1 aliphatic heterocycles. The molecule has 0 bridgehead atoms. The molecule has 0 aromatic carbocycles. The molecule has 2 fully saturated rings.